The first-order valence-corrected chi connectivity index (χ1v) is 10.7. The Hall–Kier alpha value is -4.47. The molecule has 1 amide bonds. The second-order valence-electron chi connectivity index (χ2n) is 7.76. The molecule has 3 rings (SSSR count). The SMILES string of the molecule is [B]C([B])(O)Oc1cc(OC(F)(F)F)ccc1Oc1ccc(C(F)(F)F)c(F)c1C(=O)Nc1cccc(C(=O)OC)n1. The lowest BCUT2D eigenvalue weighted by atomic mass is 9.76. The van der Waals surface area contributed by atoms with Crippen LogP contribution in [0.2, 0.25) is 0 Å². The Morgan fingerprint density at radius 1 is 0.927 bits per heavy atom. The number of methoxy groups -OCH3 is 1. The molecule has 0 unspecified atom stereocenters. The monoisotopic (exact) mass is 584 g/mol. The van der Waals surface area contributed by atoms with Crippen molar-refractivity contribution in [2.24, 2.45) is 0 Å². The average Bonchev–Trinajstić information content (AvgIpc) is 2.82. The van der Waals surface area contributed by atoms with Crippen LogP contribution in [0.4, 0.5) is 36.6 Å². The maximum atomic E-state index is 15.2. The van der Waals surface area contributed by atoms with Crippen molar-refractivity contribution in [2.45, 2.75) is 18.1 Å². The van der Waals surface area contributed by atoms with Crippen LogP contribution >= 0.6 is 0 Å². The number of anilines is 1. The quantitative estimate of drug-likeness (QED) is 0.175. The zero-order valence-corrected chi connectivity index (χ0v) is 20.3. The fourth-order valence-electron chi connectivity index (χ4n) is 3.12. The van der Waals surface area contributed by atoms with E-state index in [9.17, 15) is 41.0 Å². The summed E-state index contributed by atoms with van der Waals surface area (Å²) in [4.78, 5) is 28.4. The van der Waals surface area contributed by atoms with Crippen LogP contribution in [-0.4, -0.2) is 56.7 Å². The third-order valence-electron chi connectivity index (χ3n) is 4.66. The van der Waals surface area contributed by atoms with Gasteiger partial charge in [-0.25, -0.2) is 14.2 Å². The maximum Gasteiger partial charge on any atom is 0.573 e. The van der Waals surface area contributed by atoms with Crippen molar-refractivity contribution in [1.82, 2.24) is 4.98 Å². The second kappa shape index (κ2) is 11.6. The number of amides is 1. The Labute approximate surface area is 228 Å². The molecule has 0 aliphatic carbocycles. The number of alkyl halides is 6. The van der Waals surface area contributed by atoms with Crippen LogP contribution in [0.15, 0.2) is 48.5 Å². The van der Waals surface area contributed by atoms with Gasteiger partial charge in [0.25, 0.3) is 5.91 Å². The molecule has 1 heterocycles. The molecule has 0 aliphatic heterocycles. The van der Waals surface area contributed by atoms with E-state index in [1.165, 1.54) is 12.1 Å². The van der Waals surface area contributed by atoms with E-state index in [4.69, 9.17) is 25.2 Å². The number of hydrogen-bond acceptors (Lipinski definition) is 8. The lowest BCUT2D eigenvalue weighted by Gasteiger charge is -2.24. The van der Waals surface area contributed by atoms with Gasteiger partial charge in [-0.05, 0) is 36.4 Å². The molecular weight excluding hydrogens is 571 g/mol. The minimum absolute atomic E-state index is 0.224. The van der Waals surface area contributed by atoms with Gasteiger partial charge in [-0.1, -0.05) is 6.07 Å². The molecular formula is C23H13B2F7N2O7. The van der Waals surface area contributed by atoms with Crippen LogP contribution in [0.5, 0.6) is 23.0 Å². The molecule has 18 heteroatoms. The third-order valence-corrected chi connectivity index (χ3v) is 4.66. The first-order valence-electron chi connectivity index (χ1n) is 10.7. The maximum absolute atomic E-state index is 15.2. The predicted octanol–water partition coefficient (Wildman–Crippen LogP) is 4.29. The number of aromatic nitrogens is 1. The number of ether oxygens (including phenoxy) is 4. The standard InChI is InChI=1S/C23H13B2F7N2O7/c1-38-20(36)12-3-2-4-16(33-12)34-19(35)17-14(8-6-11(18(17)26)21(27,28)29)39-13-7-5-10(40-23(30,31)32)9-15(13)41-22(24,25)37/h2-9,37H,1H3,(H,33,34,35). The van der Waals surface area contributed by atoms with E-state index in [1.807, 2.05) is 5.32 Å². The summed E-state index contributed by atoms with van der Waals surface area (Å²) >= 11 is 0. The highest BCUT2D eigenvalue weighted by Gasteiger charge is 2.38. The first-order chi connectivity index (χ1) is 18.9. The van der Waals surface area contributed by atoms with Crippen LogP contribution in [0, 0.1) is 5.82 Å². The first kappa shape index (κ1) is 31.1. The van der Waals surface area contributed by atoms with Gasteiger partial charge in [0.15, 0.2) is 38.7 Å². The van der Waals surface area contributed by atoms with Crippen molar-refractivity contribution < 1.29 is 64.4 Å². The molecule has 0 saturated heterocycles. The van der Waals surface area contributed by atoms with Gasteiger partial charge in [0.2, 0.25) is 0 Å². The number of benzene rings is 2. The van der Waals surface area contributed by atoms with Crippen LogP contribution in [-0.2, 0) is 10.9 Å². The number of nitrogens with zero attached hydrogens (tertiary/aromatic N) is 1. The summed E-state index contributed by atoms with van der Waals surface area (Å²) < 4.78 is 112. The van der Waals surface area contributed by atoms with E-state index in [0.717, 1.165) is 13.2 Å². The van der Waals surface area contributed by atoms with Crippen LogP contribution in [0.3, 0.4) is 0 Å². The molecule has 9 nitrogen and oxygen atoms in total. The average molecular weight is 584 g/mol. The molecule has 2 aromatic carbocycles. The molecule has 41 heavy (non-hydrogen) atoms. The zero-order valence-electron chi connectivity index (χ0n) is 20.3. The van der Waals surface area contributed by atoms with E-state index in [0.29, 0.717) is 24.3 Å². The molecule has 0 bridgehead atoms. The van der Waals surface area contributed by atoms with Gasteiger partial charge in [0, 0.05) is 6.07 Å². The number of nitrogens with one attached hydrogen (secondary N) is 1. The minimum Gasteiger partial charge on any atom is -0.478 e. The number of carbonyl (C=O) groups is 2. The van der Waals surface area contributed by atoms with Crippen molar-refractivity contribution in [3.8, 4) is 23.0 Å². The fraction of sp³-hybridized carbons (Fsp3) is 0.174. The van der Waals surface area contributed by atoms with Crippen molar-refractivity contribution in [1.29, 1.82) is 0 Å². The molecule has 2 N–H and O–H groups in total. The number of rotatable bonds is 8. The van der Waals surface area contributed by atoms with Gasteiger partial charge in [-0.2, -0.15) is 13.2 Å². The highest BCUT2D eigenvalue weighted by molar-refractivity contribution is 6.37. The summed E-state index contributed by atoms with van der Waals surface area (Å²) in [5.74, 6) is -8.40. The van der Waals surface area contributed by atoms with E-state index < -0.39 is 75.8 Å². The van der Waals surface area contributed by atoms with Crippen LogP contribution in [0.25, 0.3) is 0 Å². The van der Waals surface area contributed by atoms with E-state index >= 15 is 4.39 Å². The number of pyridine rings is 1. The normalized spacial score (nSPS) is 11.9. The molecule has 0 atom stereocenters. The Morgan fingerprint density at radius 2 is 1.59 bits per heavy atom. The van der Waals surface area contributed by atoms with Crippen LogP contribution in [0.1, 0.15) is 26.4 Å². The Kier molecular flexibility index (Phi) is 8.76. The smallest absolute Gasteiger partial charge is 0.478 e. The van der Waals surface area contributed by atoms with Crippen molar-refractivity contribution in [3.63, 3.8) is 0 Å². The Balaban J connectivity index is 2.10. The van der Waals surface area contributed by atoms with E-state index in [1.54, 1.807) is 0 Å². The third kappa shape index (κ3) is 8.26. The minimum atomic E-state index is -5.28. The summed E-state index contributed by atoms with van der Waals surface area (Å²) in [5, 5.41) is 11.6. The molecule has 3 aromatic rings. The fourth-order valence-corrected chi connectivity index (χ4v) is 3.12. The number of carbonyl (C=O) groups excluding carboxylic acids is 2. The predicted molar refractivity (Wildman–Crippen MR) is 125 cm³/mol. The highest BCUT2D eigenvalue weighted by atomic mass is 19.4. The van der Waals surface area contributed by atoms with Crippen molar-refractivity contribution >= 4 is 33.4 Å². The number of esters is 1. The van der Waals surface area contributed by atoms with Gasteiger partial charge in [-0.15, -0.1) is 13.2 Å². The molecule has 0 aliphatic rings. The van der Waals surface area contributed by atoms with E-state index in [2.05, 4.69) is 14.5 Å². The van der Waals surface area contributed by atoms with Gasteiger partial charge in [0.05, 0.1) is 12.7 Å². The summed E-state index contributed by atoms with van der Waals surface area (Å²) in [7, 11) is 11.3. The molecule has 0 fully saturated rings. The van der Waals surface area contributed by atoms with Gasteiger partial charge < -0.3 is 29.4 Å². The highest BCUT2D eigenvalue weighted by Crippen LogP contribution is 2.41. The summed E-state index contributed by atoms with van der Waals surface area (Å²) in [6, 6.07) is 6.13. The number of hydrogen-bond donors (Lipinski definition) is 2. The number of halogens is 7. The molecule has 212 valence electrons. The Morgan fingerprint density at radius 3 is 2.17 bits per heavy atom. The van der Waals surface area contributed by atoms with Gasteiger partial charge in [0.1, 0.15) is 28.5 Å². The van der Waals surface area contributed by atoms with Gasteiger partial charge in [-0.3, -0.25) is 4.79 Å². The molecule has 0 spiro atoms. The molecule has 4 radical (unpaired) electrons. The zero-order chi connectivity index (χ0) is 30.8. The second-order valence-corrected chi connectivity index (χ2v) is 7.76. The lowest BCUT2D eigenvalue weighted by Crippen LogP contribution is -2.36. The van der Waals surface area contributed by atoms with Crippen molar-refractivity contribution in [3.05, 3.63) is 71.2 Å². The number of aliphatic hydroxyl groups is 1. The summed E-state index contributed by atoms with van der Waals surface area (Å²) in [6.07, 6.45) is -10.5. The van der Waals surface area contributed by atoms with Crippen molar-refractivity contribution in [2.75, 3.05) is 12.4 Å². The molecule has 1 aromatic heterocycles. The molecule has 0 saturated carbocycles. The van der Waals surface area contributed by atoms with Crippen LogP contribution < -0.4 is 19.5 Å². The van der Waals surface area contributed by atoms with Gasteiger partial charge >= 0.3 is 18.5 Å². The lowest BCUT2D eigenvalue weighted by molar-refractivity contribution is -0.274. The Bertz CT molecular complexity index is 1460. The van der Waals surface area contributed by atoms with E-state index in [-0.39, 0.29) is 11.8 Å². The largest absolute Gasteiger partial charge is 0.573 e. The topological polar surface area (TPSA) is 116 Å². The summed E-state index contributed by atoms with van der Waals surface area (Å²) in [5.41, 5.74) is -6.56. The summed E-state index contributed by atoms with van der Waals surface area (Å²) in [6.45, 7) is 0.